The van der Waals surface area contributed by atoms with Crippen LogP contribution in [0.2, 0.25) is 0 Å². The molecule has 0 aliphatic carbocycles. The van der Waals surface area contributed by atoms with Crippen LogP contribution in [0.1, 0.15) is 30.8 Å². The average molecular weight is 459 g/mol. The number of aromatic amines is 1. The van der Waals surface area contributed by atoms with E-state index >= 15 is 0 Å². The Hall–Kier alpha value is -3.89. The molecule has 33 heavy (non-hydrogen) atoms. The van der Waals surface area contributed by atoms with Gasteiger partial charge in [-0.3, -0.25) is 14.6 Å². The van der Waals surface area contributed by atoms with E-state index < -0.39 is 23.1 Å². The number of nitrogens with zero attached hydrogens (tertiary/aromatic N) is 2. The molecule has 0 aliphatic heterocycles. The number of carbonyl (C=O) groups excluding carboxylic acids is 2. The number of benzene rings is 1. The van der Waals surface area contributed by atoms with E-state index in [-0.39, 0.29) is 19.0 Å². The van der Waals surface area contributed by atoms with Gasteiger partial charge in [0, 0.05) is 30.5 Å². The van der Waals surface area contributed by atoms with E-state index in [0.717, 1.165) is 10.9 Å². The summed E-state index contributed by atoms with van der Waals surface area (Å²) < 4.78 is 21.0. The number of carbonyl (C=O) groups is 2. The van der Waals surface area contributed by atoms with Gasteiger partial charge in [0.05, 0.1) is 13.3 Å². The molecule has 2 aromatic heterocycles. The third-order valence-corrected chi connectivity index (χ3v) is 4.92. The number of ether oxygens (including phenoxy) is 1. The van der Waals surface area contributed by atoms with Crippen LogP contribution in [-0.4, -0.2) is 46.3 Å². The number of amides is 2. The van der Waals surface area contributed by atoms with E-state index in [1.165, 1.54) is 0 Å². The number of hydrogen-bond acceptors (Lipinski definition) is 5. The normalized spacial score (nSPS) is 11.1. The number of halogens is 1. The molecule has 10 nitrogen and oxygen atoms in total. The van der Waals surface area contributed by atoms with Crippen LogP contribution in [0.3, 0.4) is 0 Å². The highest BCUT2D eigenvalue weighted by Gasteiger charge is 2.17. The van der Waals surface area contributed by atoms with Crippen molar-refractivity contribution in [3.8, 4) is 5.75 Å². The molecule has 0 aliphatic rings. The molecule has 0 spiro atoms. The fourth-order valence-corrected chi connectivity index (χ4v) is 3.39. The minimum atomic E-state index is -1.24. The average Bonchev–Trinajstić information content (AvgIpc) is 3.12. The maximum Gasteiger partial charge on any atom is 0.336 e. The summed E-state index contributed by atoms with van der Waals surface area (Å²) in [6.45, 7) is 5.19. The second-order valence-electron chi connectivity index (χ2n) is 7.91. The fourth-order valence-electron chi connectivity index (χ4n) is 3.39. The standard InChI is InChI=1S/C22H26FN5O5/c1-13(2)11-27-17-6-5-15(33-3)9-14(17)10-18(27)20(30)24-7-4-8-25-21(31)28-12-16(23)19(29)26-22(28)32/h5-6,9-10,12-13H,4,7-8,11H2,1-3H3,(H,24,30)(H,25,31)(H,26,29,32). The first-order valence-electron chi connectivity index (χ1n) is 10.5. The molecule has 0 radical (unpaired) electrons. The van der Waals surface area contributed by atoms with Crippen molar-refractivity contribution in [1.29, 1.82) is 0 Å². The van der Waals surface area contributed by atoms with E-state index in [2.05, 4.69) is 24.5 Å². The van der Waals surface area contributed by atoms with Crippen LogP contribution in [0.4, 0.5) is 9.18 Å². The number of fused-ring (bicyclic) bond motifs is 1. The molecule has 11 heteroatoms. The molecule has 1 aromatic carbocycles. The highest BCUT2D eigenvalue weighted by molar-refractivity contribution is 5.99. The van der Waals surface area contributed by atoms with E-state index in [9.17, 15) is 23.6 Å². The number of hydrogen-bond donors (Lipinski definition) is 3. The first-order valence-corrected chi connectivity index (χ1v) is 10.5. The van der Waals surface area contributed by atoms with Gasteiger partial charge in [-0.25, -0.2) is 14.2 Å². The van der Waals surface area contributed by atoms with Crippen LogP contribution >= 0.6 is 0 Å². The molecule has 0 unspecified atom stereocenters. The van der Waals surface area contributed by atoms with E-state index in [4.69, 9.17) is 4.74 Å². The van der Waals surface area contributed by atoms with Gasteiger partial charge in [-0.05, 0) is 36.6 Å². The zero-order valence-electron chi connectivity index (χ0n) is 18.6. The lowest BCUT2D eigenvalue weighted by molar-refractivity contribution is 0.0944. The number of nitrogens with one attached hydrogen (secondary N) is 3. The summed E-state index contributed by atoms with van der Waals surface area (Å²) in [6.07, 6.45) is 0.900. The molecule has 2 heterocycles. The zero-order chi connectivity index (χ0) is 24.1. The molecule has 0 fully saturated rings. The summed E-state index contributed by atoms with van der Waals surface area (Å²) in [5, 5.41) is 6.16. The van der Waals surface area contributed by atoms with Crippen LogP contribution in [0.15, 0.2) is 40.1 Å². The monoisotopic (exact) mass is 459 g/mol. The van der Waals surface area contributed by atoms with Gasteiger partial charge in [0.1, 0.15) is 11.4 Å². The van der Waals surface area contributed by atoms with Crippen molar-refractivity contribution in [1.82, 2.24) is 24.8 Å². The Labute approximate surface area is 188 Å². The molecule has 0 bridgehead atoms. The van der Waals surface area contributed by atoms with Crippen molar-refractivity contribution in [2.24, 2.45) is 5.92 Å². The van der Waals surface area contributed by atoms with Crippen molar-refractivity contribution >= 4 is 22.8 Å². The highest BCUT2D eigenvalue weighted by atomic mass is 19.1. The molecule has 2 amide bonds. The summed E-state index contributed by atoms with van der Waals surface area (Å²) in [7, 11) is 1.59. The predicted molar refractivity (Wildman–Crippen MR) is 120 cm³/mol. The minimum Gasteiger partial charge on any atom is -0.497 e. The summed E-state index contributed by atoms with van der Waals surface area (Å²) in [5.41, 5.74) is -0.784. The highest BCUT2D eigenvalue weighted by Crippen LogP contribution is 2.25. The lowest BCUT2D eigenvalue weighted by Crippen LogP contribution is -2.41. The molecule has 0 atom stereocenters. The minimum absolute atomic E-state index is 0.123. The topological polar surface area (TPSA) is 127 Å². The van der Waals surface area contributed by atoms with Gasteiger partial charge in [0.25, 0.3) is 11.5 Å². The second kappa shape index (κ2) is 10.2. The maximum absolute atomic E-state index is 13.3. The van der Waals surface area contributed by atoms with Crippen LogP contribution in [0.5, 0.6) is 5.75 Å². The quantitative estimate of drug-likeness (QED) is 0.442. The summed E-state index contributed by atoms with van der Waals surface area (Å²) in [4.78, 5) is 49.2. The summed E-state index contributed by atoms with van der Waals surface area (Å²) in [5.74, 6) is -0.471. The number of rotatable bonds is 8. The van der Waals surface area contributed by atoms with Gasteiger partial charge in [0.2, 0.25) is 5.82 Å². The summed E-state index contributed by atoms with van der Waals surface area (Å²) in [6, 6.07) is 6.58. The third-order valence-electron chi connectivity index (χ3n) is 4.92. The lowest BCUT2D eigenvalue weighted by atomic mass is 10.2. The third kappa shape index (κ3) is 5.48. The Balaban J connectivity index is 1.60. The van der Waals surface area contributed by atoms with E-state index in [1.807, 2.05) is 28.8 Å². The van der Waals surface area contributed by atoms with Crippen LogP contribution < -0.4 is 26.6 Å². The van der Waals surface area contributed by atoms with Crippen molar-refractivity contribution in [3.05, 3.63) is 62.8 Å². The first kappa shape index (κ1) is 23.8. The van der Waals surface area contributed by atoms with Gasteiger partial charge in [-0.2, -0.15) is 4.39 Å². The molecule has 3 aromatic rings. The van der Waals surface area contributed by atoms with E-state index in [0.29, 0.717) is 41.1 Å². The summed E-state index contributed by atoms with van der Waals surface area (Å²) >= 11 is 0. The zero-order valence-corrected chi connectivity index (χ0v) is 18.6. The van der Waals surface area contributed by atoms with Gasteiger partial charge in [0.15, 0.2) is 0 Å². The van der Waals surface area contributed by atoms with Gasteiger partial charge in [-0.15, -0.1) is 0 Å². The van der Waals surface area contributed by atoms with Crippen molar-refractivity contribution in [3.63, 3.8) is 0 Å². The van der Waals surface area contributed by atoms with Gasteiger partial charge < -0.3 is 19.9 Å². The Morgan fingerprint density at radius 3 is 2.58 bits per heavy atom. The number of aromatic nitrogens is 3. The van der Waals surface area contributed by atoms with E-state index in [1.54, 1.807) is 12.1 Å². The molecule has 0 saturated heterocycles. The number of methoxy groups -OCH3 is 1. The molecule has 176 valence electrons. The Bertz CT molecular complexity index is 1290. The van der Waals surface area contributed by atoms with Crippen molar-refractivity contribution in [2.45, 2.75) is 26.8 Å². The van der Waals surface area contributed by atoms with Crippen LogP contribution in [0, 0.1) is 11.7 Å². The fraction of sp³-hybridized carbons (Fsp3) is 0.364. The molecule has 0 saturated carbocycles. The van der Waals surface area contributed by atoms with Crippen molar-refractivity contribution in [2.75, 3.05) is 20.2 Å². The van der Waals surface area contributed by atoms with Crippen molar-refractivity contribution < 1.29 is 18.7 Å². The molecule has 3 N–H and O–H groups in total. The predicted octanol–water partition coefficient (Wildman–Crippen LogP) is 1.67. The smallest absolute Gasteiger partial charge is 0.336 e. The SMILES string of the molecule is COc1ccc2c(c1)cc(C(=O)NCCCNC(=O)n1cc(F)c(=O)[nH]c1=O)n2CC(C)C. The first-order chi connectivity index (χ1) is 15.7. The molecular weight excluding hydrogens is 433 g/mol. The van der Waals surface area contributed by atoms with Crippen LogP contribution in [-0.2, 0) is 6.54 Å². The lowest BCUT2D eigenvalue weighted by Gasteiger charge is -2.13. The Morgan fingerprint density at radius 2 is 1.88 bits per heavy atom. The largest absolute Gasteiger partial charge is 0.497 e. The van der Waals surface area contributed by atoms with Gasteiger partial charge >= 0.3 is 11.7 Å². The molecular formula is C22H26FN5O5. The maximum atomic E-state index is 13.3. The Morgan fingerprint density at radius 1 is 1.15 bits per heavy atom. The second-order valence-corrected chi connectivity index (χ2v) is 7.91. The number of H-pyrrole nitrogens is 1. The Kier molecular flexibility index (Phi) is 7.31. The van der Waals surface area contributed by atoms with Crippen LogP contribution in [0.25, 0.3) is 10.9 Å². The molecule has 3 rings (SSSR count). The van der Waals surface area contributed by atoms with Gasteiger partial charge in [-0.1, -0.05) is 13.8 Å².